The van der Waals surface area contributed by atoms with Gasteiger partial charge in [0.25, 0.3) is 0 Å². The fourth-order valence-electron chi connectivity index (χ4n) is 1.24. The monoisotopic (exact) mass is 215 g/mol. The zero-order chi connectivity index (χ0) is 11.8. The zero-order valence-electron chi connectivity index (χ0n) is 9.82. The van der Waals surface area contributed by atoms with Crippen LogP contribution in [-0.2, 0) is 9.59 Å². The highest BCUT2D eigenvalue weighted by molar-refractivity contribution is 5.74. The van der Waals surface area contributed by atoms with E-state index in [-0.39, 0.29) is 12.3 Å². The van der Waals surface area contributed by atoms with Gasteiger partial charge < -0.3 is 10.0 Å². The molecule has 0 radical (unpaired) electrons. The molecule has 0 saturated carbocycles. The number of carboxylic acid groups (broad SMARTS) is 1. The van der Waals surface area contributed by atoms with Gasteiger partial charge in [0.05, 0.1) is 6.42 Å². The molecule has 0 aromatic carbocycles. The summed E-state index contributed by atoms with van der Waals surface area (Å²) in [5.41, 5.74) is 0. The van der Waals surface area contributed by atoms with Gasteiger partial charge in [-0.05, 0) is 12.3 Å². The minimum Gasteiger partial charge on any atom is -0.481 e. The molecule has 0 heterocycles. The van der Waals surface area contributed by atoms with E-state index in [2.05, 4.69) is 13.8 Å². The standard InChI is InChI=1S/C11H21NO3/c1-4-9(2)5-7-12(10(3)13)8-6-11(14)15/h9H,4-8H2,1-3H3,(H,14,15). The Bertz CT molecular complexity index is 216. The summed E-state index contributed by atoms with van der Waals surface area (Å²) in [6, 6.07) is 0. The number of nitrogens with zero attached hydrogens (tertiary/aromatic N) is 1. The molecule has 0 bridgehead atoms. The predicted molar refractivity (Wildman–Crippen MR) is 58.6 cm³/mol. The molecular weight excluding hydrogens is 194 g/mol. The lowest BCUT2D eigenvalue weighted by Gasteiger charge is -2.21. The lowest BCUT2D eigenvalue weighted by Crippen LogP contribution is -2.32. The number of rotatable bonds is 7. The van der Waals surface area contributed by atoms with Crippen LogP contribution in [0.15, 0.2) is 0 Å². The summed E-state index contributed by atoms with van der Waals surface area (Å²) in [6.45, 7) is 6.71. The molecule has 4 nitrogen and oxygen atoms in total. The Hall–Kier alpha value is -1.06. The van der Waals surface area contributed by atoms with E-state index in [0.29, 0.717) is 19.0 Å². The van der Waals surface area contributed by atoms with Crippen molar-refractivity contribution in [2.24, 2.45) is 5.92 Å². The molecule has 0 aliphatic carbocycles. The third-order valence-electron chi connectivity index (χ3n) is 2.63. The first-order valence-electron chi connectivity index (χ1n) is 5.44. The Kier molecular flexibility index (Phi) is 6.75. The average Bonchev–Trinajstić information content (AvgIpc) is 2.16. The van der Waals surface area contributed by atoms with Crippen molar-refractivity contribution in [2.45, 2.75) is 40.0 Å². The number of amides is 1. The normalized spacial score (nSPS) is 12.2. The third-order valence-corrected chi connectivity index (χ3v) is 2.63. The van der Waals surface area contributed by atoms with Crippen molar-refractivity contribution >= 4 is 11.9 Å². The molecule has 1 unspecified atom stereocenters. The van der Waals surface area contributed by atoms with Crippen LogP contribution in [0.1, 0.15) is 40.0 Å². The second-order valence-corrected chi connectivity index (χ2v) is 3.95. The number of carbonyl (C=O) groups is 2. The minimum absolute atomic E-state index is 0.0279. The van der Waals surface area contributed by atoms with E-state index < -0.39 is 5.97 Å². The van der Waals surface area contributed by atoms with E-state index in [0.717, 1.165) is 12.8 Å². The van der Waals surface area contributed by atoms with Gasteiger partial charge in [-0.2, -0.15) is 0 Å². The van der Waals surface area contributed by atoms with E-state index in [1.54, 1.807) is 4.90 Å². The first-order valence-corrected chi connectivity index (χ1v) is 5.44. The van der Waals surface area contributed by atoms with Crippen LogP contribution < -0.4 is 0 Å². The van der Waals surface area contributed by atoms with Crippen LogP contribution in [0.25, 0.3) is 0 Å². The van der Waals surface area contributed by atoms with Gasteiger partial charge in [0.15, 0.2) is 0 Å². The lowest BCUT2D eigenvalue weighted by molar-refractivity contribution is -0.138. The number of aliphatic carboxylic acids is 1. The first-order chi connectivity index (χ1) is 6.97. The number of carboxylic acids is 1. The van der Waals surface area contributed by atoms with Gasteiger partial charge in [-0.25, -0.2) is 0 Å². The number of hydrogen-bond acceptors (Lipinski definition) is 2. The van der Waals surface area contributed by atoms with Crippen LogP contribution >= 0.6 is 0 Å². The van der Waals surface area contributed by atoms with Crippen LogP contribution in [0.2, 0.25) is 0 Å². The van der Waals surface area contributed by atoms with E-state index in [9.17, 15) is 9.59 Å². The maximum absolute atomic E-state index is 11.2. The van der Waals surface area contributed by atoms with Crippen LogP contribution in [0.4, 0.5) is 0 Å². The molecule has 1 amide bonds. The topological polar surface area (TPSA) is 57.6 Å². The van der Waals surface area contributed by atoms with Crippen LogP contribution in [0.3, 0.4) is 0 Å². The fourth-order valence-corrected chi connectivity index (χ4v) is 1.24. The van der Waals surface area contributed by atoms with Gasteiger partial charge in [-0.1, -0.05) is 20.3 Å². The first kappa shape index (κ1) is 13.9. The molecule has 1 atom stereocenters. The van der Waals surface area contributed by atoms with Crippen LogP contribution in [0.5, 0.6) is 0 Å². The van der Waals surface area contributed by atoms with Gasteiger partial charge >= 0.3 is 5.97 Å². The molecule has 0 aromatic rings. The summed E-state index contributed by atoms with van der Waals surface area (Å²) in [6.07, 6.45) is 2.06. The van der Waals surface area contributed by atoms with Gasteiger partial charge in [0, 0.05) is 20.0 Å². The van der Waals surface area contributed by atoms with Crippen molar-refractivity contribution in [2.75, 3.05) is 13.1 Å². The summed E-state index contributed by atoms with van der Waals surface area (Å²) in [7, 11) is 0. The lowest BCUT2D eigenvalue weighted by atomic mass is 10.1. The largest absolute Gasteiger partial charge is 0.481 e. The highest BCUT2D eigenvalue weighted by Gasteiger charge is 2.11. The van der Waals surface area contributed by atoms with Crippen molar-refractivity contribution in [1.82, 2.24) is 4.90 Å². The van der Waals surface area contributed by atoms with Crippen LogP contribution in [0, 0.1) is 5.92 Å². The Balaban J connectivity index is 3.94. The molecule has 15 heavy (non-hydrogen) atoms. The Morgan fingerprint density at radius 1 is 1.33 bits per heavy atom. The summed E-state index contributed by atoms with van der Waals surface area (Å²) < 4.78 is 0. The molecule has 0 spiro atoms. The Morgan fingerprint density at radius 2 is 1.93 bits per heavy atom. The molecule has 88 valence electrons. The van der Waals surface area contributed by atoms with Gasteiger partial charge in [0.2, 0.25) is 5.91 Å². The van der Waals surface area contributed by atoms with Gasteiger partial charge in [-0.15, -0.1) is 0 Å². The smallest absolute Gasteiger partial charge is 0.305 e. The molecule has 0 aromatic heterocycles. The third kappa shape index (κ3) is 6.94. The quantitative estimate of drug-likeness (QED) is 0.703. The molecule has 4 heteroatoms. The highest BCUT2D eigenvalue weighted by atomic mass is 16.4. The SMILES string of the molecule is CCC(C)CCN(CCC(=O)O)C(C)=O. The fraction of sp³-hybridized carbons (Fsp3) is 0.818. The molecule has 0 fully saturated rings. The summed E-state index contributed by atoms with van der Waals surface area (Å²) in [5, 5.41) is 8.53. The van der Waals surface area contributed by atoms with Gasteiger partial charge in [-0.3, -0.25) is 9.59 Å². The van der Waals surface area contributed by atoms with Gasteiger partial charge in [0.1, 0.15) is 0 Å². The number of hydrogen-bond donors (Lipinski definition) is 1. The number of carbonyl (C=O) groups excluding carboxylic acids is 1. The molecule has 0 saturated heterocycles. The van der Waals surface area contributed by atoms with Crippen molar-refractivity contribution in [3.63, 3.8) is 0 Å². The molecular formula is C11H21NO3. The summed E-state index contributed by atoms with van der Waals surface area (Å²) >= 11 is 0. The highest BCUT2D eigenvalue weighted by Crippen LogP contribution is 2.08. The van der Waals surface area contributed by atoms with E-state index in [1.807, 2.05) is 0 Å². The van der Waals surface area contributed by atoms with E-state index in [1.165, 1.54) is 6.92 Å². The minimum atomic E-state index is -0.857. The maximum Gasteiger partial charge on any atom is 0.305 e. The average molecular weight is 215 g/mol. The van der Waals surface area contributed by atoms with Crippen LogP contribution in [-0.4, -0.2) is 35.0 Å². The Morgan fingerprint density at radius 3 is 2.33 bits per heavy atom. The van der Waals surface area contributed by atoms with Crippen molar-refractivity contribution in [3.8, 4) is 0 Å². The zero-order valence-corrected chi connectivity index (χ0v) is 9.82. The molecule has 0 aliphatic rings. The van der Waals surface area contributed by atoms with E-state index >= 15 is 0 Å². The maximum atomic E-state index is 11.2. The second kappa shape index (κ2) is 7.26. The predicted octanol–water partition coefficient (Wildman–Crippen LogP) is 1.75. The molecule has 1 N–H and O–H groups in total. The summed E-state index contributed by atoms with van der Waals surface area (Å²) in [5.74, 6) is -0.318. The molecule has 0 rings (SSSR count). The molecule has 0 aliphatic heterocycles. The van der Waals surface area contributed by atoms with Crippen molar-refractivity contribution in [3.05, 3.63) is 0 Å². The van der Waals surface area contributed by atoms with Crippen molar-refractivity contribution in [1.29, 1.82) is 0 Å². The Labute approximate surface area is 91.3 Å². The summed E-state index contributed by atoms with van der Waals surface area (Å²) in [4.78, 5) is 23.2. The van der Waals surface area contributed by atoms with Crippen molar-refractivity contribution < 1.29 is 14.7 Å². The van der Waals surface area contributed by atoms with E-state index in [4.69, 9.17) is 5.11 Å². The second-order valence-electron chi connectivity index (χ2n) is 3.95.